The van der Waals surface area contributed by atoms with Gasteiger partial charge in [-0.1, -0.05) is 25.5 Å². The van der Waals surface area contributed by atoms with Crippen LogP contribution in [0.1, 0.15) is 51.8 Å². The average Bonchev–Trinajstić information content (AvgIpc) is 3.12. The lowest BCUT2D eigenvalue weighted by molar-refractivity contribution is -0.105. The van der Waals surface area contributed by atoms with Crippen LogP contribution in [0, 0.1) is 5.92 Å². The van der Waals surface area contributed by atoms with Crippen molar-refractivity contribution in [2.75, 3.05) is 18.5 Å². The van der Waals surface area contributed by atoms with E-state index in [4.69, 9.17) is 14.7 Å². The fourth-order valence-electron chi connectivity index (χ4n) is 4.25. The normalized spacial score (nSPS) is 20.0. The molecule has 2 N–H and O–H groups in total. The molecule has 2 aromatic heterocycles. The Balaban J connectivity index is 1.84. The van der Waals surface area contributed by atoms with Gasteiger partial charge in [0.15, 0.2) is 5.65 Å². The maximum atomic E-state index is 10.8. The Labute approximate surface area is 188 Å². The van der Waals surface area contributed by atoms with Crippen molar-refractivity contribution in [2.45, 2.75) is 58.1 Å². The van der Waals surface area contributed by atoms with Crippen molar-refractivity contribution in [2.24, 2.45) is 5.92 Å². The third kappa shape index (κ3) is 4.97. The molecule has 1 fully saturated rings. The second-order valence-electron chi connectivity index (χ2n) is 9.28. The summed E-state index contributed by atoms with van der Waals surface area (Å²) in [7, 11) is 0. The summed E-state index contributed by atoms with van der Waals surface area (Å²) in [6.07, 6.45) is 5.55. The van der Waals surface area contributed by atoms with E-state index in [0.29, 0.717) is 25.5 Å². The van der Waals surface area contributed by atoms with E-state index in [1.807, 2.05) is 24.3 Å². The highest BCUT2D eigenvalue weighted by Crippen LogP contribution is 2.34. The monoisotopic (exact) mass is 437 g/mol. The fraction of sp³-hybridized carbons (Fsp3) is 0.500. The van der Waals surface area contributed by atoms with Crippen LogP contribution in [0.4, 0.5) is 5.69 Å². The molecule has 3 heterocycles. The number of fused-ring (bicyclic) bond motifs is 1. The number of hydrogen-bond donors (Lipinski definition) is 2. The van der Waals surface area contributed by atoms with Gasteiger partial charge < -0.3 is 15.2 Å². The fourth-order valence-corrected chi connectivity index (χ4v) is 4.25. The number of aliphatic hydroxyl groups is 1. The lowest BCUT2D eigenvalue weighted by Crippen LogP contribution is -2.27. The van der Waals surface area contributed by atoms with Crippen molar-refractivity contribution in [1.29, 1.82) is 0 Å². The molecule has 0 saturated carbocycles. The molecule has 32 heavy (non-hydrogen) atoms. The topological polar surface area (TPSA) is 102 Å². The first-order chi connectivity index (χ1) is 15.4. The Morgan fingerprint density at radius 3 is 2.75 bits per heavy atom. The maximum absolute atomic E-state index is 10.8. The van der Waals surface area contributed by atoms with Gasteiger partial charge in [0.25, 0.3) is 0 Å². The van der Waals surface area contributed by atoms with Gasteiger partial charge in [-0.25, -0.2) is 14.6 Å². The third-order valence-corrected chi connectivity index (χ3v) is 5.89. The van der Waals surface area contributed by atoms with Gasteiger partial charge in [-0.2, -0.15) is 5.10 Å². The smallest absolute Gasteiger partial charge is 0.211 e. The summed E-state index contributed by atoms with van der Waals surface area (Å²) >= 11 is 0. The summed E-state index contributed by atoms with van der Waals surface area (Å²) in [4.78, 5) is 20.7. The molecule has 0 bridgehead atoms. The molecule has 4 rings (SSSR count). The number of hydrogen-bond acceptors (Lipinski definition) is 6. The molecule has 1 aliphatic rings. The average molecular weight is 438 g/mol. The van der Waals surface area contributed by atoms with Gasteiger partial charge in [-0.05, 0) is 44.7 Å². The van der Waals surface area contributed by atoms with Gasteiger partial charge in [0.05, 0.1) is 29.4 Å². The van der Waals surface area contributed by atoms with E-state index in [9.17, 15) is 9.90 Å². The molecule has 0 radical (unpaired) electrons. The number of rotatable bonds is 6. The largest absolute Gasteiger partial charge is 0.389 e. The Kier molecular flexibility index (Phi) is 6.53. The van der Waals surface area contributed by atoms with Crippen LogP contribution in [0.2, 0.25) is 0 Å². The highest BCUT2D eigenvalue weighted by Gasteiger charge is 2.27. The Morgan fingerprint density at radius 2 is 2.03 bits per heavy atom. The summed E-state index contributed by atoms with van der Waals surface area (Å²) in [5.41, 5.74) is 2.25. The zero-order chi connectivity index (χ0) is 22.7. The second-order valence-corrected chi connectivity index (χ2v) is 9.28. The van der Waals surface area contributed by atoms with E-state index in [0.717, 1.165) is 59.7 Å². The van der Waals surface area contributed by atoms with Crippen molar-refractivity contribution in [3.05, 3.63) is 36.3 Å². The number of amides is 1. The standard InChI is InChI=1S/C24H31N5O3/c1-16-13-32-11-5-4-6-19(16)22-27-21(17-7-9-18(10-8-17)25-15-30)20-12-26-29(23(20)28-22)14-24(2,3)31/h7-10,12,15-16,19,31H,4-6,11,13-14H2,1-3H3,(H,25,30). The SMILES string of the molecule is CC1COCCCCC1c1nc(-c2ccc(NC=O)cc2)c2cnn(CC(C)(C)O)c2n1. The minimum absolute atomic E-state index is 0.180. The summed E-state index contributed by atoms with van der Waals surface area (Å²) in [5.74, 6) is 1.27. The predicted molar refractivity (Wildman–Crippen MR) is 123 cm³/mol. The Bertz CT molecular complexity index is 1070. The summed E-state index contributed by atoms with van der Waals surface area (Å²) < 4.78 is 7.57. The van der Waals surface area contributed by atoms with Crippen molar-refractivity contribution in [3.63, 3.8) is 0 Å². The van der Waals surface area contributed by atoms with Crippen molar-refractivity contribution < 1.29 is 14.6 Å². The first kappa shape index (κ1) is 22.4. The van der Waals surface area contributed by atoms with Crippen molar-refractivity contribution >= 4 is 23.1 Å². The van der Waals surface area contributed by atoms with Crippen molar-refractivity contribution in [3.8, 4) is 11.3 Å². The molecule has 3 aromatic rings. The number of carbonyl (C=O) groups excluding carboxylic acids is 1. The zero-order valence-electron chi connectivity index (χ0n) is 18.9. The highest BCUT2D eigenvalue weighted by molar-refractivity contribution is 5.90. The van der Waals surface area contributed by atoms with Crippen LogP contribution < -0.4 is 5.32 Å². The highest BCUT2D eigenvalue weighted by atomic mass is 16.5. The van der Waals surface area contributed by atoms with E-state index < -0.39 is 5.60 Å². The Hall–Kier alpha value is -2.84. The minimum Gasteiger partial charge on any atom is -0.389 e. The molecule has 1 aromatic carbocycles. The van der Waals surface area contributed by atoms with Gasteiger partial charge >= 0.3 is 0 Å². The molecular weight excluding hydrogens is 406 g/mol. The number of nitrogens with one attached hydrogen (secondary N) is 1. The van der Waals surface area contributed by atoms with Crippen molar-refractivity contribution in [1.82, 2.24) is 19.7 Å². The van der Waals surface area contributed by atoms with Gasteiger partial charge in [0.2, 0.25) is 6.41 Å². The number of ether oxygens (including phenoxy) is 1. The number of aromatic nitrogens is 4. The lowest BCUT2D eigenvalue weighted by atomic mass is 9.88. The lowest BCUT2D eigenvalue weighted by Gasteiger charge is -2.26. The predicted octanol–water partition coefficient (Wildman–Crippen LogP) is 3.75. The second kappa shape index (κ2) is 9.34. The summed E-state index contributed by atoms with van der Waals surface area (Å²) in [6.45, 7) is 7.54. The molecule has 1 amide bonds. The van der Waals surface area contributed by atoms with E-state index in [-0.39, 0.29) is 5.92 Å². The van der Waals surface area contributed by atoms with E-state index in [2.05, 4.69) is 17.3 Å². The third-order valence-electron chi connectivity index (χ3n) is 5.89. The molecule has 8 nitrogen and oxygen atoms in total. The van der Waals surface area contributed by atoms with E-state index in [1.54, 1.807) is 24.7 Å². The van der Waals surface area contributed by atoms with Crippen LogP contribution in [0.15, 0.2) is 30.5 Å². The van der Waals surface area contributed by atoms with Crippen LogP contribution in [0.3, 0.4) is 0 Å². The van der Waals surface area contributed by atoms with Crippen LogP contribution >= 0.6 is 0 Å². The molecule has 2 unspecified atom stereocenters. The quantitative estimate of drug-likeness (QED) is 0.570. The van der Waals surface area contributed by atoms with Gasteiger partial charge in [-0.3, -0.25) is 4.79 Å². The number of nitrogens with zero attached hydrogens (tertiary/aromatic N) is 4. The van der Waals surface area contributed by atoms with Gasteiger partial charge in [0.1, 0.15) is 5.82 Å². The van der Waals surface area contributed by atoms with E-state index >= 15 is 0 Å². The maximum Gasteiger partial charge on any atom is 0.211 e. The molecule has 2 atom stereocenters. The van der Waals surface area contributed by atoms with Crippen LogP contribution in [0.25, 0.3) is 22.3 Å². The summed E-state index contributed by atoms with van der Waals surface area (Å²) in [6, 6.07) is 7.58. The molecular formula is C24H31N5O3. The number of benzene rings is 1. The van der Waals surface area contributed by atoms with E-state index in [1.165, 1.54) is 0 Å². The van der Waals surface area contributed by atoms with Gasteiger partial charge in [0, 0.05) is 30.4 Å². The molecule has 1 saturated heterocycles. The molecule has 1 aliphatic heterocycles. The molecule has 0 aliphatic carbocycles. The molecule has 0 spiro atoms. The first-order valence-corrected chi connectivity index (χ1v) is 11.2. The first-order valence-electron chi connectivity index (χ1n) is 11.2. The Morgan fingerprint density at radius 1 is 1.25 bits per heavy atom. The zero-order valence-corrected chi connectivity index (χ0v) is 18.9. The van der Waals surface area contributed by atoms with Gasteiger partial charge in [-0.15, -0.1) is 0 Å². The van der Waals surface area contributed by atoms with Crippen LogP contribution in [0.5, 0.6) is 0 Å². The molecule has 170 valence electrons. The van der Waals surface area contributed by atoms with Crippen LogP contribution in [-0.2, 0) is 16.1 Å². The number of anilines is 1. The summed E-state index contributed by atoms with van der Waals surface area (Å²) in [5, 5.41) is 18.4. The number of carbonyl (C=O) groups is 1. The minimum atomic E-state index is -0.923. The van der Waals surface area contributed by atoms with Crippen LogP contribution in [-0.4, -0.2) is 50.1 Å². The molecule has 8 heteroatoms.